The van der Waals surface area contributed by atoms with Crippen LogP contribution in [0.5, 0.6) is 5.75 Å². The molecule has 6 heteroatoms. The number of carbonyl (C=O) groups excluding carboxylic acids is 2. The second kappa shape index (κ2) is 18.7. The number of ether oxygens (including phenoxy) is 2. The first-order chi connectivity index (χ1) is 19.0. The van der Waals surface area contributed by atoms with Gasteiger partial charge in [-0.25, -0.2) is 9.59 Å². The molecular weight excluding hydrogens is 488 g/mol. The molecule has 0 saturated carbocycles. The van der Waals surface area contributed by atoms with Crippen LogP contribution in [0.2, 0.25) is 0 Å². The topological polar surface area (TPSA) is 67.9 Å². The first kappa shape index (κ1) is 32.7. The number of likely N-dealkylation sites (N-methyl/N-ethyl adjacent to an activating group) is 1. The zero-order valence-corrected chi connectivity index (χ0v) is 25.4. The lowest BCUT2D eigenvalue weighted by molar-refractivity contribution is -0.139. The Morgan fingerprint density at radius 3 is 1.97 bits per heavy atom. The fourth-order valence-electron chi connectivity index (χ4n) is 5.61. The summed E-state index contributed by atoms with van der Waals surface area (Å²) in [5, 5.41) is 2.86. The molecule has 2 rings (SSSR count). The van der Waals surface area contributed by atoms with Crippen molar-refractivity contribution in [3.8, 4) is 5.75 Å². The van der Waals surface area contributed by atoms with Crippen LogP contribution in [0.25, 0.3) is 0 Å². The monoisotopic (exact) mass is 542 g/mol. The van der Waals surface area contributed by atoms with E-state index in [1.807, 2.05) is 26.0 Å². The van der Waals surface area contributed by atoms with Crippen LogP contribution in [0.1, 0.15) is 135 Å². The van der Waals surface area contributed by atoms with Crippen molar-refractivity contribution in [2.24, 2.45) is 0 Å². The van der Waals surface area contributed by atoms with Crippen molar-refractivity contribution in [2.75, 3.05) is 19.8 Å². The number of esters is 1. The Balaban J connectivity index is 2.05. The van der Waals surface area contributed by atoms with E-state index >= 15 is 0 Å². The molecule has 1 aliphatic heterocycles. The van der Waals surface area contributed by atoms with Crippen LogP contribution in [-0.2, 0) is 16.0 Å². The summed E-state index contributed by atoms with van der Waals surface area (Å²) in [5.41, 5.74) is 3.08. The molecular formula is C33H54N2O4. The Morgan fingerprint density at radius 1 is 0.846 bits per heavy atom. The maximum Gasteiger partial charge on any atom is 0.338 e. The zero-order valence-electron chi connectivity index (χ0n) is 25.4. The van der Waals surface area contributed by atoms with Crippen molar-refractivity contribution in [3.05, 3.63) is 40.6 Å². The van der Waals surface area contributed by atoms with E-state index in [0.717, 1.165) is 29.7 Å². The molecule has 1 aliphatic rings. The number of urea groups is 1. The van der Waals surface area contributed by atoms with Gasteiger partial charge >= 0.3 is 12.0 Å². The molecule has 1 heterocycles. The molecule has 39 heavy (non-hydrogen) atoms. The molecule has 0 radical (unpaired) electrons. The average molecular weight is 543 g/mol. The Hall–Kier alpha value is -2.50. The molecule has 220 valence electrons. The van der Waals surface area contributed by atoms with Crippen molar-refractivity contribution < 1.29 is 19.1 Å². The molecule has 0 fully saturated rings. The van der Waals surface area contributed by atoms with Gasteiger partial charge in [-0.15, -0.1) is 0 Å². The van der Waals surface area contributed by atoms with Crippen LogP contribution in [0.4, 0.5) is 4.79 Å². The van der Waals surface area contributed by atoms with E-state index in [9.17, 15) is 9.59 Å². The summed E-state index contributed by atoms with van der Waals surface area (Å²) < 4.78 is 11.5. The maximum absolute atomic E-state index is 13.1. The number of nitrogens with one attached hydrogen (secondary N) is 1. The molecule has 1 unspecified atom stereocenters. The highest BCUT2D eigenvalue weighted by Crippen LogP contribution is 2.41. The first-order valence-corrected chi connectivity index (χ1v) is 15.7. The number of nitrogens with zero attached hydrogens (tertiary/aromatic N) is 1. The average Bonchev–Trinajstić information content (AvgIpc) is 2.91. The van der Waals surface area contributed by atoms with Gasteiger partial charge in [-0.2, -0.15) is 0 Å². The molecule has 1 N–H and O–H groups in total. The van der Waals surface area contributed by atoms with Gasteiger partial charge in [0.2, 0.25) is 0 Å². The fraction of sp³-hybridized carbons (Fsp3) is 0.697. The highest BCUT2D eigenvalue weighted by molar-refractivity contribution is 5.95. The molecule has 0 aromatic heterocycles. The van der Waals surface area contributed by atoms with Crippen molar-refractivity contribution in [3.63, 3.8) is 0 Å². The van der Waals surface area contributed by atoms with Gasteiger partial charge in [0.1, 0.15) is 5.75 Å². The highest BCUT2D eigenvalue weighted by atomic mass is 16.5. The third-order valence-corrected chi connectivity index (χ3v) is 7.66. The van der Waals surface area contributed by atoms with Gasteiger partial charge in [-0.3, -0.25) is 0 Å². The van der Waals surface area contributed by atoms with Gasteiger partial charge in [-0.05, 0) is 52.2 Å². The number of rotatable bonds is 20. The summed E-state index contributed by atoms with van der Waals surface area (Å²) in [5.74, 6) is 0.342. The summed E-state index contributed by atoms with van der Waals surface area (Å²) in [4.78, 5) is 27.8. The normalized spacial score (nSPS) is 15.5. The minimum Gasteiger partial charge on any atom is -0.493 e. The number of unbranched alkanes of at least 4 members (excludes halogenated alkanes) is 12. The molecule has 0 aliphatic carbocycles. The lowest BCUT2D eigenvalue weighted by Gasteiger charge is -2.38. The maximum atomic E-state index is 13.1. The Morgan fingerprint density at radius 2 is 1.44 bits per heavy atom. The van der Waals surface area contributed by atoms with E-state index in [4.69, 9.17) is 9.47 Å². The lowest BCUT2D eigenvalue weighted by Crippen LogP contribution is -2.48. The van der Waals surface area contributed by atoms with Crippen LogP contribution in [0.3, 0.4) is 0 Å². The van der Waals surface area contributed by atoms with Crippen LogP contribution in [-0.4, -0.2) is 36.7 Å². The van der Waals surface area contributed by atoms with E-state index in [2.05, 4.69) is 18.3 Å². The number of carbonyl (C=O) groups is 2. The third-order valence-electron chi connectivity index (χ3n) is 7.66. The van der Waals surface area contributed by atoms with Gasteiger partial charge in [0.25, 0.3) is 0 Å². The lowest BCUT2D eigenvalue weighted by atomic mass is 9.87. The summed E-state index contributed by atoms with van der Waals surface area (Å²) >= 11 is 0. The van der Waals surface area contributed by atoms with Crippen molar-refractivity contribution >= 4 is 12.0 Å². The number of benzene rings is 1. The van der Waals surface area contributed by atoms with Crippen LogP contribution < -0.4 is 10.1 Å². The number of hydrogen-bond donors (Lipinski definition) is 1. The Labute approximate surface area is 237 Å². The SMILES string of the molecule is CCCCCCCCCCCCCCCc1cccc(OCC)c1C1C(C(=O)OCC)=C(C)NC(=O)N1CC. The molecule has 0 bridgehead atoms. The number of allylic oxidation sites excluding steroid dienone is 1. The molecule has 1 aromatic carbocycles. The highest BCUT2D eigenvalue weighted by Gasteiger charge is 2.40. The van der Waals surface area contributed by atoms with Crippen LogP contribution in [0, 0.1) is 0 Å². The quantitative estimate of drug-likeness (QED) is 0.132. The molecule has 1 aromatic rings. The number of aryl methyl sites for hydroxylation is 1. The predicted molar refractivity (Wildman–Crippen MR) is 160 cm³/mol. The Bertz CT molecular complexity index is 911. The van der Waals surface area contributed by atoms with E-state index in [-0.39, 0.29) is 12.6 Å². The fourth-order valence-corrected chi connectivity index (χ4v) is 5.61. The standard InChI is InChI=1S/C33H54N2O4/c1-6-10-11-12-13-14-15-16-17-18-19-20-21-23-27-24-22-25-28(38-8-3)30(27)31-29(32(36)39-9-4)26(5)34-33(37)35(31)7-2/h22,24-25,31H,6-21,23H2,1-5H3,(H,34,37). The second-order valence-corrected chi connectivity index (χ2v) is 10.6. The second-order valence-electron chi connectivity index (χ2n) is 10.6. The van der Waals surface area contributed by atoms with E-state index in [0.29, 0.717) is 24.4 Å². The minimum atomic E-state index is -0.539. The predicted octanol–water partition coefficient (Wildman–Crippen LogP) is 8.64. The summed E-state index contributed by atoms with van der Waals surface area (Å²) in [6.45, 7) is 11.0. The van der Waals surface area contributed by atoms with Gasteiger partial charge in [0.05, 0.1) is 24.8 Å². The Kier molecular flexibility index (Phi) is 15.7. The molecule has 1 atom stereocenters. The van der Waals surface area contributed by atoms with Crippen LogP contribution >= 0.6 is 0 Å². The van der Waals surface area contributed by atoms with Crippen molar-refractivity contribution in [1.29, 1.82) is 0 Å². The molecule has 6 nitrogen and oxygen atoms in total. The van der Waals surface area contributed by atoms with Gasteiger partial charge in [0, 0.05) is 17.8 Å². The summed E-state index contributed by atoms with van der Waals surface area (Å²) in [6, 6.07) is 5.35. The molecule has 0 saturated heterocycles. The van der Waals surface area contributed by atoms with E-state index in [1.165, 1.54) is 77.0 Å². The smallest absolute Gasteiger partial charge is 0.338 e. The van der Waals surface area contributed by atoms with Gasteiger partial charge in [-0.1, -0.05) is 96.1 Å². The minimum absolute atomic E-state index is 0.203. The third kappa shape index (κ3) is 10.2. The van der Waals surface area contributed by atoms with Crippen LogP contribution in [0.15, 0.2) is 29.5 Å². The van der Waals surface area contributed by atoms with Gasteiger partial charge in [0.15, 0.2) is 0 Å². The molecule has 2 amide bonds. The van der Waals surface area contributed by atoms with E-state index in [1.54, 1.807) is 18.7 Å². The number of amides is 2. The molecule has 0 spiro atoms. The summed E-state index contributed by atoms with van der Waals surface area (Å²) in [6.07, 6.45) is 18.0. The first-order valence-electron chi connectivity index (χ1n) is 15.7. The summed E-state index contributed by atoms with van der Waals surface area (Å²) in [7, 11) is 0. The number of hydrogen-bond acceptors (Lipinski definition) is 4. The zero-order chi connectivity index (χ0) is 28.5. The largest absolute Gasteiger partial charge is 0.493 e. The van der Waals surface area contributed by atoms with E-state index < -0.39 is 12.0 Å². The van der Waals surface area contributed by atoms with Crippen molar-refractivity contribution in [2.45, 2.75) is 131 Å². The van der Waals surface area contributed by atoms with Gasteiger partial charge < -0.3 is 19.7 Å². The van der Waals surface area contributed by atoms with Crippen molar-refractivity contribution in [1.82, 2.24) is 10.2 Å².